The molecule has 2 saturated heterocycles. The molecule has 2 heterocycles. The molecule has 0 saturated carbocycles. The van der Waals surface area contributed by atoms with E-state index in [1.165, 1.54) is 18.6 Å². The highest BCUT2D eigenvalue weighted by Crippen LogP contribution is 2.34. The molecule has 25 heavy (non-hydrogen) atoms. The van der Waals surface area contributed by atoms with Crippen LogP contribution >= 0.6 is 0 Å². The predicted molar refractivity (Wildman–Crippen MR) is 96.5 cm³/mol. The van der Waals surface area contributed by atoms with Gasteiger partial charge in [0.25, 0.3) is 0 Å². The second-order valence-electron chi connectivity index (χ2n) is 6.63. The number of guanidine groups is 1. The van der Waals surface area contributed by atoms with Gasteiger partial charge in [0, 0.05) is 13.1 Å². The van der Waals surface area contributed by atoms with Crippen LogP contribution in [0, 0.1) is 5.82 Å². The molecule has 2 bridgehead atoms. The van der Waals surface area contributed by atoms with E-state index in [0.29, 0.717) is 30.6 Å². The number of fused-ring (bicyclic) bond motifs is 2. The number of halogens is 1. The topological polar surface area (TPSA) is 54.9 Å². The molecule has 0 radical (unpaired) electrons. The van der Waals surface area contributed by atoms with E-state index in [1.807, 2.05) is 0 Å². The van der Waals surface area contributed by atoms with E-state index in [4.69, 9.17) is 9.47 Å². The summed E-state index contributed by atoms with van der Waals surface area (Å²) in [6.07, 6.45) is 6.09. The Morgan fingerprint density at radius 2 is 2.12 bits per heavy atom. The molecule has 3 unspecified atom stereocenters. The molecule has 0 spiro atoms. The first-order chi connectivity index (χ1) is 12.2. The zero-order valence-electron chi connectivity index (χ0n) is 14.8. The molecule has 6 heteroatoms. The van der Waals surface area contributed by atoms with Crippen LogP contribution < -0.4 is 15.4 Å². The van der Waals surface area contributed by atoms with Gasteiger partial charge in [0.15, 0.2) is 5.96 Å². The van der Waals surface area contributed by atoms with Crippen molar-refractivity contribution in [2.45, 2.75) is 57.3 Å². The van der Waals surface area contributed by atoms with Crippen LogP contribution in [0.2, 0.25) is 0 Å². The maximum Gasteiger partial charge on any atom is 0.191 e. The Labute approximate surface area is 149 Å². The Bertz CT molecular complexity index is 564. The molecule has 1 aromatic carbocycles. The number of hydrogen-bond acceptors (Lipinski definition) is 3. The molecule has 3 rings (SSSR count). The fraction of sp³-hybridized carbons (Fsp3) is 0.632. The highest BCUT2D eigenvalue weighted by molar-refractivity contribution is 5.80. The first kappa shape index (κ1) is 18.0. The largest absolute Gasteiger partial charge is 0.494 e. The van der Waals surface area contributed by atoms with Crippen LogP contribution in [0.3, 0.4) is 0 Å². The van der Waals surface area contributed by atoms with Crippen molar-refractivity contribution in [3.8, 4) is 5.75 Å². The quantitative estimate of drug-likeness (QED) is 0.430. The lowest BCUT2D eigenvalue weighted by atomic mass is 9.96. The molecule has 3 atom stereocenters. The van der Waals surface area contributed by atoms with Gasteiger partial charge < -0.3 is 20.1 Å². The minimum absolute atomic E-state index is 0.244. The second kappa shape index (κ2) is 9.04. The van der Waals surface area contributed by atoms with Crippen molar-refractivity contribution in [3.05, 3.63) is 30.1 Å². The van der Waals surface area contributed by atoms with Crippen LogP contribution in [0.25, 0.3) is 0 Å². The molecular weight excluding hydrogens is 321 g/mol. The van der Waals surface area contributed by atoms with Crippen molar-refractivity contribution < 1.29 is 13.9 Å². The van der Waals surface area contributed by atoms with E-state index in [9.17, 15) is 4.39 Å². The zero-order chi connectivity index (χ0) is 17.5. The van der Waals surface area contributed by atoms with Gasteiger partial charge in [-0.3, -0.25) is 4.99 Å². The van der Waals surface area contributed by atoms with Crippen LogP contribution in [-0.4, -0.2) is 43.9 Å². The summed E-state index contributed by atoms with van der Waals surface area (Å²) < 4.78 is 24.3. The van der Waals surface area contributed by atoms with Gasteiger partial charge in [0.2, 0.25) is 0 Å². The summed E-state index contributed by atoms with van der Waals surface area (Å²) in [7, 11) is 0. The monoisotopic (exact) mass is 349 g/mol. The van der Waals surface area contributed by atoms with E-state index in [1.54, 1.807) is 12.1 Å². The molecule has 138 valence electrons. The van der Waals surface area contributed by atoms with Crippen molar-refractivity contribution in [3.63, 3.8) is 0 Å². The Kier molecular flexibility index (Phi) is 6.50. The molecule has 0 amide bonds. The highest BCUT2D eigenvalue weighted by atomic mass is 19.1. The number of rotatable bonds is 8. The highest BCUT2D eigenvalue weighted by Gasteiger charge is 2.41. The lowest BCUT2D eigenvalue weighted by Crippen LogP contribution is -2.47. The minimum Gasteiger partial charge on any atom is -0.494 e. The molecular formula is C19H28FN3O2. The number of unbranched alkanes of at least 4 members (excludes halogenated alkanes) is 1. The van der Waals surface area contributed by atoms with Crippen molar-refractivity contribution in [1.82, 2.24) is 10.6 Å². The van der Waals surface area contributed by atoms with E-state index in [0.717, 1.165) is 44.7 Å². The first-order valence-corrected chi connectivity index (χ1v) is 9.33. The van der Waals surface area contributed by atoms with E-state index in [-0.39, 0.29) is 5.82 Å². The molecule has 0 aromatic heterocycles. The zero-order valence-corrected chi connectivity index (χ0v) is 14.8. The summed E-state index contributed by atoms with van der Waals surface area (Å²) >= 11 is 0. The molecule has 5 nitrogen and oxygen atoms in total. The number of hydrogen-bond donors (Lipinski definition) is 2. The smallest absolute Gasteiger partial charge is 0.191 e. The average molecular weight is 349 g/mol. The lowest BCUT2D eigenvalue weighted by Gasteiger charge is -2.22. The summed E-state index contributed by atoms with van der Waals surface area (Å²) in [5.74, 6) is 1.34. The Morgan fingerprint density at radius 3 is 2.80 bits per heavy atom. The van der Waals surface area contributed by atoms with E-state index >= 15 is 0 Å². The minimum atomic E-state index is -0.244. The molecule has 0 aliphatic carbocycles. The van der Waals surface area contributed by atoms with Gasteiger partial charge in [-0.05, 0) is 63.3 Å². The maximum atomic E-state index is 12.8. The third-order valence-electron chi connectivity index (χ3n) is 4.68. The fourth-order valence-electron chi connectivity index (χ4n) is 3.41. The molecule has 2 N–H and O–H groups in total. The van der Waals surface area contributed by atoms with Crippen molar-refractivity contribution in [1.29, 1.82) is 0 Å². The standard InChI is InChI=1S/C19H28FN3O2/c1-2-21-19(23-17-13-16-9-10-18(17)25-16)22-11-3-4-12-24-15-7-5-14(20)6-8-15/h5-8,16-18H,2-4,9-13H2,1H3,(H2,21,22,23). The van der Waals surface area contributed by atoms with Gasteiger partial charge in [0.1, 0.15) is 11.6 Å². The number of nitrogens with zero attached hydrogens (tertiary/aromatic N) is 1. The van der Waals surface area contributed by atoms with E-state index < -0.39 is 0 Å². The molecule has 1 aromatic rings. The summed E-state index contributed by atoms with van der Waals surface area (Å²) in [6, 6.07) is 6.51. The van der Waals surface area contributed by atoms with Crippen LogP contribution in [-0.2, 0) is 4.74 Å². The Balaban J connectivity index is 1.34. The van der Waals surface area contributed by atoms with Crippen molar-refractivity contribution in [2.75, 3.05) is 19.7 Å². The van der Waals surface area contributed by atoms with Crippen LogP contribution in [0.4, 0.5) is 4.39 Å². The fourth-order valence-corrected chi connectivity index (χ4v) is 3.41. The van der Waals surface area contributed by atoms with Crippen LogP contribution in [0.15, 0.2) is 29.3 Å². The third-order valence-corrected chi connectivity index (χ3v) is 4.68. The third kappa shape index (κ3) is 5.33. The lowest BCUT2D eigenvalue weighted by molar-refractivity contribution is 0.0992. The van der Waals surface area contributed by atoms with Gasteiger partial charge in [-0.25, -0.2) is 4.39 Å². The number of benzene rings is 1. The predicted octanol–water partition coefficient (Wildman–Crippen LogP) is 2.86. The number of ether oxygens (including phenoxy) is 2. The molecule has 2 fully saturated rings. The SMILES string of the molecule is CCNC(=NCCCCOc1ccc(F)cc1)NC1CC2CCC1O2. The normalized spacial score (nSPS) is 25.2. The molecule has 2 aliphatic heterocycles. The van der Waals surface area contributed by atoms with Gasteiger partial charge in [0.05, 0.1) is 24.9 Å². The van der Waals surface area contributed by atoms with Gasteiger partial charge in [-0.2, -0.15) is 0 Å². The number of aliphatic imine (C=N–C) groups is 1. The van der Waals surface area contributed by atoms with Crippen LogP contribution in [0.5, 0.6) is 5.75 Å². The van der Waals surface area contributed by atoms with Crippen molar-refractivity contribution in [2.24, 2.45) is 4.99 Å². The van der Waals surface area contributed by atoms with Gasteiger partial charge in [-0.15, -0.1) is 0 Å². The summed E-state index contributed by atoms with van der Waals surface area (Å²) in [6.45, 7) is 4.29. The van der Waals surface area contributed by atoms with Crippen molar-refractivity contribution >= 4 is 5.96 Å². The second-order valence-corrected chi connectivity index (χ2v) is 6.63. The summed E-state index contributed by atoms with van der Waals surface area (Å²) in [4.78, 5) is 4.65. The van der Waals surface area contributed by atoms with Crippen LogP contribution in [0.1, 0.15) is 39.0 Å². The Morgan fingerprint density at radius 1 is 1.28 bits per heavy atom. The van der Waals surface area contributed by atoms with Gasteiger partial charge in [-0.1, -0.05) is 0 Å². The number of nitrogens with one attached hydrogen (secondary N) is 2. The Hall–Kier alpha value is -1.82. The first-order valence-electron chi connectivity index (χ1n) is 9.33. The molecule has 2 aliphatic rings. The van der Waals surface area contributed by atoms with Gasteiger partial charge >= 0.3 is 0 Å². The summed E-state index contributed by atoms with van der Waals surface area (Å²) in [5.41, 5.74) is 0. The summed E-state index contributed by atoms with van der Waals surface area (Å²) in [5, 5.41) is 6.83. The van der Waals surface area contributed by atoms with E-state index in [2.05, 4.69) is 22.5 Å². The maximum absolute atomic E-state index is 12.8. The average Bonchev–Trinajstić information content (AvgIpc) is 3.22.